The van der Waals surface area contributed by atoms with Gasteiger partial charge in [0.05, 0.1) is 5.92 Å². The van der Waals surface area contributed by atoms with E-state index in [2.05, 4.69) is 35.2 Å². The number of hydrogen-bond acceptors (Lipinski definition) is 3. The van der Waals surface area contributed by atoms with Crippen molar-refractivity contribution in [3.8, 4) is 0 Å². The second-order valence-corrected chi connectivity index (χ2v) is 11.4. The van der Waals surface area contributed by atoms with E-state index in [-0.39, 0.29) is 24.2 Å². The number of likely N-dealkylation sites (tertiary alicyclic amines) is 2. The summed E-state index contributed by atoms with van der Waals surface area (Å²) < 4.78 is 0. The zero-order chi connectivity index (χ0) is 27.0. The molecule has 2 fully saturated rings. The SMILES string of the molecule is O=C1CC(C(=O)N(CCCN2CCC(Cc3ccccc3)CC2)c2ccccc2)CN1Cc1ccc(Cl)cc1. The monoisotopic (exact) mass is 543 g/mol. The molecule has 0 bridgehead atoms. The molecule has 2 amide bonds. The molecule has 2 aliphatic rings. The zero-order valence-electron chi connectivity index (χ0n) is 22.6. The molecule has 1 unspecified atom stereocenters. The van der Waals surface area contributed by atoms with Crippen LogP contribution in [0, 0.1) is 11.8 Å². The Labute approximate surface area is 237 Å². The van der Waals surface area contributed by atoms with Crippen LogP contribution in [0.3, 0.4) is 0 Å². The van der Waals surface area contributed by atoms with Crippen molar-refractivity contribution >= 4 is 29.1 Å². The highest BCUT2D eigenvalue weighted by atomic mass is 35.5. The Morgan fingerprint density at radius 2 is 1.54 bits per heavy atom. The van der Waals surface area contributed by atoms with Gasteiger partial charge in [-0.3, -0.25) is 9.59 Å². The molecule has 0 aliphatic carbocycles. The first-order chi connectivity index (χ1) is 19.0. The first-order valence-electron chi connectivity index (χ1n) is 14.2. The van der Waals surface area contributed by atoms with E-state index in [1.807, 2.05) is 59.5 Å². The maximum atomic E-state index is 13.7. The lowest BCUT2D eigenvalue weighted by Gasteiger charge is -2.33. The van der Waals surface area contributed by atoms with Gasteiger partial charge in [-0.05, 0) is 86.6 Å². The maximum Gasteiger partial charge on any atom is 0.232 e. The van der Waals surface area contributed by atoms with Crippen LogP contribution in [0.1, 0.15) is 36.8 Å². The van der Waals surface area contributed by atoms with Crippen LogP contribution in [0.2, 0.25) is 5.02 Å². The summed E-state index contributed by atoms with van der Waals surface area (Å²) in [5.74, 6) is 0.518. The third-order valence-corrected chi connectivity index (χ3v) is 8.37. The minimum absolute atomic E-state index is 0.0367. The molecule has 3 aromatic carbocycles. The maximum absolute atomic E-state index is 13.7. The molecule has 0 aromatic heterocycles. The first-order valence-corrected chi connectivity index (χ1v) is 14.6. The molecule has 0 spiro atoms. The number of benzene rings is 3. The molecule has 2 heterocycles. The molecule has 0 radical (unpaired) electrons. The Bertz CT molecular complexity index is 1210. The van der Waals surface area contributed by atoms with E-state index in [1.165, 1.54) is 24.8 Å². The molecule has 3 aromatic rings. The van der Waals surface area contributed by atoms with E-state index in [0.29, 0.717) is 24.7 Å². The fourth-order valence-corrected chi connectivity index (χ4v) is 6.04. The molecule has 0 saturated carbocycles. The molecule has 0 N–H and O–H groups in total. The average molecular weight is 544 g/mol. The van der Waals surface area contributed by atoms with E-state index in [1.54, 1.807) is 4.90 Å². The van der Waals surface area contributed by atoms with Gasteiger partial charge in [-0.1, -0.05) is 72.3 Å². The van der Waals surface area contributed by atoms with Crippen molar-refractivity contribution in [2.45, 2.75) is 38.6 Å². The van der Waals surface area contributed by atoms with Crippen molar-refractivity contribution in [2.75, 3.05) is 37.6 Å². The predicted molar refractivity (Wildman–Crippen MR) is 158 cm³/mol. The standard InChI is InChI=1S/C33H38ClN3O2/c34-30-14-12-28(13-15-30)24-36-25-29(23-32(36)38)33(39)37(31-10-5-2-6-11-31)19-7-18-35-20-16-27(17-21-35)22-26-8-3-1-4-9-26/h1-6,8-15,27,29H,7,16-25H2. The summed E-state index contributed by atoms with van der Waals surface area (Å²) in [5, 5.41) is 0.676. The third kappa shape index (κ3) is 7.49. The predicted octanol–water partition coefficient (Wildman–Crippen LogP) is 6.07. The summed E-state index contributed by atoms with van der Waals surface area (Å²) in [7, 11) is 0. The summed E-state index contributed by atoms with van der Waals surface area (Å²) >= 11 is 6.01. The average Bonchev–Trinajstić information content (AvgIpc) is 3.34. The lowest BCUT2D eigenvalue weighted by atomic mass is 9.90. The number of anilines is 1. The van der Waals surface area contributed by atoms with Gasteiger partial charge in [0, 0.05) is 36.8 Å². The lowest BCUT2D eigenvalue weighted by Crippen LogP contribution is -2.40. The second kappa shape index (κ2) is 13.3. The van der Waals surface area contributed by atoms with Crippen LogP contribution < -0.4 is 4.90 Å². The van der Waals surface area contributed by atoms with Crippen molar-refractivity contribution in [1.29, 1.82) is 0 Å². The van der Waals surface area contributed by atoms with Gasteiger partial charge < -0.3 is 14.7 Å². The molecule has 204 valence electrons. The Kier molecular flexibility index (Phi) is 9.33. The molecular weight excluding hydrogens is 506 g/mol. The van der Waals surface area contributed by atoms with E-state index in [4.69, 9.17) is 11.6 Å². The highest BCUT2D eigenvalue weighted by molar-refractivity contribution is 6.30. The summed E-state index contributed by atoms with van der Waals surface area (Å²) in [6, 6.07) is 28.3. The third-order valence-electron chi connectivity index (χ3n) is 8.11. The number of amides is 2. The lowest BCUT2D eigenvalue weighted by molar-refractivity contribution is -0.128. The minimum Gasteiger partial charge on any atom is -0.338 e. The van der Waals surface area contributed by atoms with E-state index < -0.39 is 0 Å². The van der Waals surface area contributed by atoms with Crippen molar-refractivity contribution in [1.82, 2.24) is 9.80 Å². The normalized spacial score (nSPS) is 18.4. The topological polar surface area (TPSA) is 43.9 Å². The fourth-order valence-electron chi connectivity index (χ4n) is 5.91. The van der Waals surface area contributed by atoms with Crippen LogP contribution in [0.5, 0.6) is 0 Å². The van der Waals surface area contributed by atoms with Gasteiger partial charge in [0.2, 0.25) is 11.8 Å². The quantitative estimate of drug-likeness (QED) is 0.312. The molecule has 2 aliphatic heterocycles. The van der Waals surface area contributed by atoms with Crippen molar-refractivity contribution < 1.29 is 9.59 Å². The van der Waals surface area contributed by atoms with E-state index in [0.717, 1.165) is 43.2 Å². The Morgan fingerprint density at radius 3 is 2.23 bits per heavy atom. The van der Waals surface area contributed by atoms with Gasteiger partial charge in [0.1, 0.15) is 0 Å². The summed E-state index contributed by atoms with van der Waals surface area (Å²) in [4.78, 5) is 32.8. The van der Waals surface area contributed by atoms with Crippen LogP contribution in [0.15, 0.2) is 84.9 Å². The highest BCUT2D eigenvalue weighted by Gasteiger charge is 2.37. The van der Waals surface area contributed by atoms with Gasteiger partial charge >= 0.3 is 0 Å². The van der Waals surface area contributed by atoms with Crippen LogP contribution in [-0.4, -0.2) is 54.3 Å². The first kappa shape index (κ1) is 27.4. The molecule has 2 saturated heterocycles. The van der Waals surface area contributed by atoms with Crippen LogP contribution >= 0.6 is 11.6 Å². The number of rotatable bonds is 10. The molecule has 5 nitrogen and oxygen atoms in total. The van der Waals surface area contributed by atoms with Crippen molar-refractivity contribution in [3.63, 3.8) is 0 Å². The number of piperidine rings is 1. The molecule has 1 atom stereocenters. The summed E-state index contributed by atoms with van der Waals surface area (Å²) in [6.45, 7) is 4.85. The van der Waals surface area contributed by atoms with Crippen LogP contribution in [-0.2, 0) is 22.6 Å². The van der Waals surface area contributed by atoms with Gasteiger partial charge in [-0.2, -0.15) is 0 Å². The Balaban J connectivity index is 1.14. The Hall–Kier alpha value is -3.15. The number of carbonyl (C=O) groups is 2. The number of nitrogens with zero attached hydrogens (tertiary/aromatic N) is 3. The van der Waals surface area contributed by atoms with Crippen LogP contribution in [0.4, 0.5) is 5.69 Å². The van der Waals surface area contributed by atoms with Crippen molar-refractivity contribution in [2.24, 2.45) is 11.8 Å². The van der Waals surface area contributed by atoms with E-state index in [9.17, 15) is 9.59 Å². The molecule has 5 rings (SSSR count). The summed E-state index contributed by atoms with van der Waals surface area (Å²) in [6.07, 6.45) is 4.80. The minimum atomic E-state index is -0.321. The van der Waals surface area contributed by atoms with Gasteiger partial charge in [-0.15, -0.1) is 0 Å². The van der Waals surface area contributed by atoms with E-state index >= 15 is 0 Å². The number of para-hydroxylation sites is 1. The smallest absolute Gasteiger partial charge is 0.232 e. The van der Waals surface area contributed by atoms with Gasteiger partial charge in [-0.25, -0.2) is 0 Å². The second-order valence-electron chi connectivity index (χ2n) is 11.0. The molecule has 39 heavy (non-hydrogen) atoms. The zero-order valence-corrected chi connectivity index (χ0v) is 23.3. The van der Waals surface area contributed by atoms with Crippen LogP contribution in [0.25, 0.3) is 0 Å². The number of carbonyl (C=O) groups excluding carboxylic acids is 2. The van der Waals surface area contributed by atoms with Crippen molar-refractivity contribution in [3.05, 3.63) is 101 Å². The summed E-state index contributed by atoms with van der Waals surface area (Å²) in [5.41, 5.74) is 3.37. The molecule has 6 heteroatoms. The van der Waals surface area contributed by atoms with Gasteiger partial charge in [0.25, 0.3) is 0 Å². The molecular formula is C33H38ClN3O2. The van der Waals surface area contributed by atoms with Gasteiger partial charge in [0.15, 0.2) is 0 Å². The number of hydrogen-bond donors (Lipinski definition) is 0. The number of halogens is 1. The largest absolute Gasteiger partial charge is 0.338 e. The highest BCUT2D eigenvalue weighted by Crippen LogP contribution is 2.26. The Morgan fingerprint density at radius 1 is 0.872 bits per heavy atom. The fraction of sp³-hybridized carbons (Fsp3) is 0.394.